The first-order chi connectivity index (χ1) is 8.80. The van der Waals surface area contributed by atoms with Gasteiger partial charge < -0.3 is 20.4 Å². The second-order valence-corrected chi connectivity index (χ2v) is 6.69. The van der Waals surface area contributed by atoms with Crippen LogP contribution in [0.15, 0.2) is 11.6 Å². The van der Waals surface area contributed by atoms with Gasteiger partial charge in [-0.2, -0.15) is 0 Å². The van der Waals surface area contributed by atoms with Crippen molar-refractivity contribution in [3.05, 3.63) is 11.6 Å². The molecule has 0 heterocycles. The van der Waals surface area contributed by atoms with Crippen LogP contribution in [0.3, 0.4) is 0 Å². The maximum Gasteiger partial charge on any atom is 0.0963 e. The number of fused-ring (bicyclic) bond motifs is 1. The summed E-state index contributed by atoms with van der Waals surface area (Å²) in [6.45, 7) is 5.67. The zero-order valence-corrected chi connectivity index (χ0v) is 12.0. The van der Waals surface area contributed by atoms with Crippen LogP contribution in [0.25, 0.3) is 0 Å². The molecule has 1 fully saturated rings. The molecule has 0 aliphatic heterocycles. The molecule has 6 unspecified atom stereocenters. The summed E-state index contributed by atoms with van der Waals surface area (Å²) < 4.78 is 0. The summed E-state index contributed by atoms with van der Waals surface area (Å²) in [5.74, 6) is 0.0684. The van der Waals surface area contributed by atoms with Gasteiger partial charge >= 0.3 is 0 Å². The van der Waals surface area contributed by atoms with E-state index >= 15 is 0 Å². The van der Waals surface area contributed by atoms with Gasteiger partial charge in [-0.25, -0.2) is 0 Å². The fraction of sp³-hybridized carbons (Fsp3) is 0.867. The van der Waals surface area contributed by atoms with Gasteiger partial charge in [-0.15, -0.1) is 0 Å². The quantitative estimate of drug-likeness (QED) is 0.557. The topological polar surface area (TPSA) is 80.9 Å². The van der Waals surface area contributed by atoms with Gasteiger partial charge in [0.1, 0.15) is 0 Å². The summed E-state index contributed by atoms with van der Waals surface area (Å²) in [6, 6.07) is 0. The van der Waals surface area contributed by atoms with Gasteiger partial charge in [0.05, 0.1) is 24.4 Å². The summed E-state index contributed by atoms with van der Waals surface area (Å²) in [7, 11) is 0. The molecule has 6 atom stereocenters. The third-order valence-corrected chi connectivity index (χ3v) is 4.98. The zero-order valence-electron chi connectivity index (χ0n) is 12.0. The fourth-order valence-corrected chi connectivity index (χ4v) is 3.95. The van der Waals surface area contributed by atoms with Gasteiger partial charge in [-0.1, -0.05) is 26.8 Å². The van der Waals surface area contributed by atoms with Crippen molar-refractivity contribution >= 4 is 0 Å². The molecule has 1 saturated carbocycles. The van der Waals surface area contributed by atoms with Crippen LogP contribution in [-0.2, 0) is 0 Å². The lowest BCUT2D eigenvalue weighted by atomic mass is 9.77. The lowest BCUT2D eigenvalue weighted by molar-refractivity contribution is -0.115. The van der Waals surface area contributed by atoms with Crippen molar-refractivity contribution in [2.45, 2.75) is 51.4 Å². The molecule has 110 valence electrons. The molecule has 0 spiro atoms. The lowest BCUT2D eigenvalue weighted by Crippen LogP contribution is -2.49. The molecule has 2 aliphatic rings. The van der Waals surface area contributed by atoms with E-state index in [4.69, 9.17) is 0 Å². The van der Waals surface area contributed by atoms with Crippen LogP contribution in [0, 0.1) is 23.7 Å². The van der Waals surface area contributed by atoms with Crippen molar-refractivity contribution in [2.24, 2.45) is 23.7 Å². The smallest absolute Gasteiger partial charge is 0.0963 e. The SMILES string of the molecule is CC(C)C1=CC2C(C)CC(O)C2C(O)(CO)CC1O. The molecule has 4 nitrogen and oxygen atoms in total. The number of rotatable bonds is 2. The van der Waals surface area contributed by atoms with Gasteiger partial charge in [0, 0.05) is 12.3 Å². The Kier molecular flexibility index (Phi) is 4.07. The maximum atomic E-state index is 10.7. The second-order valence-electron chi connectivity index (χ2n) is 6.69. The predicted octanol–water partition coefficient (Wildman–Crippen LogP) is 0.690. The van der Waals surface area contributed by atoms with Crippen LogP contribution in [-0.4, -0.2) is 44.8 Å². The highest BCUT2D eigenvalue weighted by atomic mass is 16.3. The van der Waals surface area contributed by atoms with E-state index in [1.54, 1.807) is 0 Å². The molecule has 4 N–H and O–H groups in total. The van der Waals surface area contributed by atoms with Crippen molar-refractivity contribution in [3.8, 4) is 0 Å². The molecule has 2 rings (SSSR count). The lowest BCUT2D eigenvalue weighted by Gasteiger charge is -2.36. The normalized spacial score (nSPS) is 46.9. The Morgan fingerprint density at radius 3 is 2.53 bits per heavy atom. The van der Waals surface area contributed by atoms with Crippen molar-refractivity contribution in [2.75, 3.05) is 6.61 Å². The second kappa shape index (κ2) is 5.17. The highest BCUT2D eigenvalue weighted by Crippen LogP contribution is 2.48. The number of hydrogen-bond acceptors (Lipinski definition) is 4. The molecule has 19 heavy (non-hydrogen) atoms. The number of aliphatic hydroxyl groups excluding tert-OH is 3. The van der Waals surface area contributed by atoms with Crippen LogP contribution in [0.4, 0.5) is 0 Å². The Bertz CT molecular complexity index is 365. The Hall–Kier alpha value is -0.420. The molecule has 0 aromatic rings. The Labute approximate surface area is 114 Å². The first-order valence-corrected chi connectivity index (χ1v) is 7.21. The van der Waals surface area contributed by atoms with Crippen LogP contribution in [0.1, 0.15) is 33.6 Å². The molecule has 0 aromatic heterocycles. The average Bonchev–Trinajstić information content (AvgIpc) is 2.52. The molecular formula is C15H26O4. The first-order valence-electron chi connectivity index (χ1n) is 7.21. The molecular weight excluding hydrogens is 244 g/mol. The van der Waals surface area contributed by atoms with Crippen LogP contribution >= 0.6 is 0 Å². The van der Waals surface area contributed by atoms with Gasteiger partial charge in [0.15, 0.2) is 0 Å². The van der Waals surface area contributed by atoms with Crippen LogP contribution in [0.2, 0.25) is 0 Å². The zero-order chi connectivity index (χ0) is 14.4. The standard InChI is InChI=1S/C15H26O4/c1-8(2)10-5-11-9(3)4-12(17)14(11)15(19,7-16)6-13(10)18/h5,8-9,11-14,16-19H,4,6-7H2,1-3H3. The maximum absolute atomic E-state index is 10.7. The predicted molar refractivity (Wildman–Crippen MR) is 72.3 cm³/mol. The van der Waals surface area contributed by atoms with Crippen LogP contribution < -0.4 is 0 Å². The van der Waals surface area contributed by atoms with Gasteiger partial charge in [0.25, 0.3) is 0 Å². The summed E-state index contributed by atoms with van der Waals surface area (Å²) >= 11 is 0. The highest BCUT2D eigenvalue weighted by Gasteiger charge is 2.53. The number of aliphatic hydroxyl groups is 4. The Morgan fingerprint density at radius 1 is 1.37 bits per heavy atom. The highest BCUT2D eigenvalue weighted by molar-refractivity contribution is 5.21. The van der Waals surface area contributed by atoms with E-state index in [2.05, 4.69) is 6.92 Å². The minimum atomic E-state index is -1.40. The van der Waals surface area contributed by atoms with Gasteiger partial charge in [0.2, 0.25) is 0 Å². The van der Waals surface area contributed by atoms with E-state index in [1.165, 1.54) is 0 Å². The number of allylic oxidation sites excluding steroid dienone is 1. The van der Waals surface area contributed by atoms with E-state index in [1.807, 2.05) is 19.9 Å². The van der Waals surface area contributed by atoms with E-state index in [-0.39, 0.29) is 24.2 Å². The van der Waals surface area contributed by atoms with Crippen molar-refractivity contribution in [3.63, 3.8) is 0 Å². The molecule has 0 bridgehead atoms. The van der Waals surface area contributed by atoms with Crippen molar-refractivity contribution < 1.29 is 20.4 Å². The molecule has 4 heteroatoms. The van der Waals surface area contributed by atoms with E-state index < -0.39 is 30.3 Å². The van der Waals surface area contributed by atoms with E-state index in [9.17, 15) is 20.4 Å². The van der Waals surface area contributed by atoms with Gasteiger partial charge in [-0.3, -0.25) is 0 Å². The van der Waals surface area contributed by atoms with Crippen LogP contribution in [0.5, 0.6) is 0 Å². The fourth-order valence-electron chi connectivity index (χ4n) is 3.95. The monoisotopic (exact) mass is 270 g/mol. The van der Waals surface area contributed by atoms with Crippen molar-refractivity contribution in [1.82, 2.24) is 0 Å². The third kappa shape index (κ3) is 2.47. The summed E-state index contributed by atoms with van der Waals surface area (Å²) in [5, 5.41) is 40.8. The van der Waals surface area contributed by atoms with E-state index in [0.717, 1.165) is 5.57 Å². The Morgan fingerprint density at radius 2 is 2.00 bits per heavy atom. The molecule has 0 aromatic carbocycles. The van der Waals surface area contributed by atoms with E-state index in [0.29, 0.717) is 6.42 Å². The minimum Gasteiger partial charge on any atom is -0.393 e. The molecule has 0 saturated heterocycles. The Balaban J connectivity index is 2.45. The first kappa shape index (κ1) is 15.0. The largest absolute Gasteiger partial charge is 0.393 e. The molecule has 0 radical (unpaired) electrons. The molecule has 0 amide bonds. The van der Waals surface area contributed by atoms with Gasteiger partial charge in [-0.05, 0) is 29.7 Å². The summed E-state index contributed by atoms with van der Waals surface area (Å²) in [6.07, 6.45) is 1.40. The van der Waals surface area contributed by atoms with Crippen molar-refractivity contribution in [1.29, 1.82) is 0 Å². The minimum absolute atomic E-state index is 0.0155. The number of hydrogen-bond donors (Lipinski definition) is 4. The molecule has 2 aliphatic carbocycles. The summed E-state index contributed by atoms with van der Waals surface area (Å²) in [5.41, 5.74) is -0.484. The average molecular weight is 270 g/mol. The third-order valence-electron chi connectivity index (χ3n) is 4.98. The summed E-state index contributed by atoms with van der Waals surface area (Å²) in [4.78, 5) is 0.